The Morgan fingerprint density at radius 2 is 1.85 bits per heavy atom. The third-order valence-electron chi connectivity index (χ3n) is 4.60. The predicted molar refractivity (Wildman–Crippen MR) is 129 cm³/mol. The van der Waals surface area contributed by atoms with E-state index in [9.17, 15) is 19.5 Å². The normalized spacial score (nSPS) is 11.8. The number of unbranched alkanes of at least 4 members (excludes halogenated alkanes) is 1. The molecule has 1 heterocycles. The van der Waals surface area contributed by atoms with Gasteiger partial charge in [0.15, 0.2) is 0 Å². The van der Waals surface area contributed by atoms with Gasteiger partial charge in [0.2, 0.25) is 5.91 Å². The molecular weight excluding hydrogens is 422 g/mol. The van der Waals surface area contributed by atoms with Crippen molar-refractivity contribution in [2.24, 2.45) is 0 Å². The molecule has 0 aliphatic heterocycles. The highest BCUT2D eigenvalue weighted by Gasteiger charge is 2.23. The molecule has 0 aliphatic rings. The number of urea groups is 1. The topological polar surface area (TPSA) is 124 Å². The molecule has 0 aliphatic carbocycles. The van der Waals surface area contributed by atoms with Crippen LogP contribution in [0.1, 0.15) is 56.1 Å². The smallest absolute Gasteiger partial charge is 0.335 e. The van der Waals surface area contributed by atoms with E-state index in [4.69, 9.17) is 0 Å². The lowest BCUT2D eigenvalue weighted by Gasteiger charge is -2.26. The van der Waals surface area contributed by atoms with E-state index in [1.807, 2.05) is 20.8 Å². The lowest BCUT2D eigenvalue weighted by atomic mass is 10.1. The predicted octanol–water partition coefficient (Wildman–Crippen LogP) is 2.71. The minimum absolute atomic E-state index is 0.0948. The number of rotatable bonds is 14. The summed E-state index contributed by atoms with van der Waals surface area (Å²) in [4.78, 5) is 42.0. The first kappa shape index (κ1) is 27.8. The van der Waals surface area contributed by atoms with Crippen molar-refractivity contribution in [2.45, 2.75) is 58.2 Å². The summed E-state index contributed by atoms with van der Waals surface area (Å²) in [6.45, 7) is 14.7. The van der Waals surface area contributed by atoms with E-state index in [2.05, 4.69) is 34.1 Å². The Balaban J connectivity index is 2.73. The number of pyridine rings is 1. The van der Waals surface area contributed by atoms with Crippen LogP contribution in [0.15, 0.2) is 43.6 Å². The average molecular weight is 460 g/mol. The van der Waals surface area contributed by atoms with Gasteiger partial charge in [-0.05, 0) is 52.2 Å². The Kier molecular flexibility index (Phi) is 11.9. The first-order valence-electron chi connectivity index (χ1n) is 11.1. The van der Waals surface area contributed by atoms with E-state index in [1.165, 1.54) is 18.3 Å². The fraction of sp³-hybridized carbons (Fsp3) is 0.500. The van der Waals surface area contributed by atoms with Crippen molar-refractivity contribution < 1.29 is 19.5 Å². The van der Waals surface area contributed by atoms with E-state index < -0.39 is 12.0 Å². The van der Waals surface area contributed by atoms with Crippen LogP contribution in [0.5, 0.6) is 0 Å². The monoisotopic (exact) mass is 459 g/mol. The zero-order valence-electron chi connectivity index (χ0n) is 19.9. The van der Waals surface area contributed by atoms with Crippen LogP contribution in [-0.4, -0.2) is 64.1 Å². The number of carbonyl (C=O) groups is 3. The maximum Gasteiger partial charge on any atom is 0.335 e. The van der Waals surface area contributed by atoms with Crippen LogP contribution in [0.25, 0.3) is 0 Å². The molecule has 0 fully saturated rings. The summed E-state index contributed by atoms with van der Waals surface area (Å²) >= 11 is 0. The fourth-order valence-electron chi connectivity index (χ4n) is 3.10. The Morgan fingerprint density at radius 3 is 2.42 bits per heavy atom. The molecule has 0 saturated carbocycles. The maximum atomic E-state index is 13.1. The van der Waals surface area contributed by atoms with Gasteiger partial charge in [-0.15, -0.1) is 13.2 Å². The number of carboxylic acids is 1. The van der Waals surface area contributed by atoms with Gasteiger partial charge in [0.1, 0.15) is 0 Å². The molecular formula is C24H37N5O4. The lowest BCUT2D eigenvalue weighted by molar-refractivity contribution is -0.132. The molecule has 1 atom stereocenters. The molecule has 1 aromatic rings. The largest absolute Gasteiger partial charge is 0.478 e. The zero-order chi connectivity index (χ0) is 24.9. The molecule has 1 rings (SSSR count). The molecule has 0 radical (unpaired) electrons. The summed E-state index contributed by atoms with van der Waals surface area (Å²) in [6, 6.07) is 2.19. The molecule has 0 spiro atoms. The molecule has 0 aromatic carbocycles. The summed E-state index contributed by atoms with van der Waals surface area (Å²) in [7, 11) is 0. The molecule has 9 heteroatoms. The number of nitrogens with one attached hydrogen (secondary N) is 3. The van der Waals surface area contributed by atoms with Gasteiger partial charge in [0, 0.05) is 37.9 Å². The number of hydrogen-bond acceptors (Lipinski definition) is 5. The molecule has 0 bridgehead atoms. The summed E-state index contributed by atoms with van der Waals surface area (Å²) in [5.41, 5.74) is 0.369. The van der Waals surface area contributed by atoms with Gasteiger partial charge >= 0.3 is 12.0 Å². The van der Waals surface area contributed by atoms with Crippen molar-refractivity contribution in [3.8, 4) is 0 Å². The first-order valence-corrected chi connectivity index (χ1v) is 11.1. The summed E-state index contributed by atoms with van der Waals surface area (Å²) in [6.07, 6.45) is 6.72. The van der Waals surface area contributed by atoms with Crippen molar-refractivity contribution in [1.82, 2.24) is 25.8 Å². The Labute approximate surface area is 196 Å². The van der Waals surface area contributed by atoms with E-state index >= 15 is 0 Å². The van der Waals surface area contributed by atoms with E-state index in [0.717, 1.165) is 0 Å². The van der Waals surface area contributed by atoms with Crippen LogP contribution in [0.4, 0.5) is 4.79 Å². The zero-order valence-corrected chi connectivity index (χ0v) is 19.9. The number of hydrogen-bond donors (Lipinski definition) is 4. The Morgan fingerprint density at radius 1 is 1.18 bits per heavy atom. The molecule has 1 aromatic heterocycles. The van der Waals surface area contributed by atoms with Crippen LogP contribution in [0.2, 0.25) is 0 Å². The van der Waals surface area contributed by atoms with Gasteiger partial charge in [0.05, 0.1) is 17.3 Å². The molecule has 4 N–H and O–H groups in total. The van der Waals surface area contributed by atoms with Gasteiger partial charge in [-0.1, -0.05) is 12.2 Å². The van der Waals surface area contributed by atoms with Gasteiger partial charge in [-0.3, -0.25) is 9.78 Å². The number of carboxylic acid groups (broad SMARTS) is 1. The fourth-order valence-corrected chi connectivity index (χ4v) is 3.10. The molecule has 9 nitrogen and oxygen atoms in total. The third kappa shape index (κ3) is 11.3. The van der Waals surface area contributed by atoms with E-state index in [-0.39, 0.29) is 29.6 Å². The van der Waals surface area contributed by atoms with Crippen LogP contribution >= 0.6 is 0 Å². The number of aromatic nitrogens is 1. The molecule has 0 saturated heterocycles. The SMILES string of the molecule is C=CCN(CC=C)C(=O)C(CCCCNC(=O)NC(C)(C)C)NCc1cc(C(=O)O)ccn1. The summed E-state index contributed by atoms with van der Waals surface area (Å²) in [5.74, 6) is -1.12. The van der Waals surface area contributed by atoms with Crippen molar-refractivity contribution in [3.63, 3.8) is 0 Å². The average Bonchev–Trinajstić information content (AvgIpc) is 2.74. The Bertz CT molecular complexity index is 809. The maximum absolute atomic E-state index is 13.1. The summed E-state index contributed by atoms with van der Waals surface area (Å²) in [5, 5.41) is 18.0. The van der Waals surface area contributed by atoms with E-state index in [1.54, 1.807) is 17.1 Å². The highest BCUT2D eigenvalue weighted by molar-refractivity contribution is 5.87. The quantitative estimate of drug-likeness (QED) is 0.251. The standard InChI is InChI=1S/C24H37N5O4/c1-6-14-29(15-7-2)21(30)20(10-8-9-12-26-23(33)28-24(3,4)5)27-17-19-16-18(22(31)32)11-13-25-19/h6-7,11,13,16,20,27H,1-2,8-10,12,14-15,17H2,3-5H3,(H,31,32)(H2,26,28,33). The minimum atomic E-state index is -1.03. The second kappa shape index (κ2) is 14.1. The van der Waals surface area contributed by atoms with Crippen molar-refractivity contribution in [2.75, 3.05) is 19.6 Å². The number of carbonyl (C=O) groups excluding carboxylic acids is 2. The first-order chi connectivity index (χ1) is 15.6. The van der Waals surface area contributed by atoms with Gasteiger partial charge in [0.25, 0.3) is 0 Å². The highest BCUT2D eigenvalue weighted by Crippen LogP contribution is 2.09. The number of amides is 3. The van der Waals surface area contributed by atoms with Crippen LogP contribution < -0.4 is 16.0 Å². The lowest BCUT2D eigenvalue weighted by Crippen LogP contribution is -2.47. The van der Waals surface area contributed by atoms with Gasteiger partial charge in [-0.25, -0.2) is 9.59 Å². The molecule has 3 amide bonds. The molecule has 182 valence electrons. The Hall–Kier alpha value is -3.20. The second-order valence-corrected chi connectivity index (χ2v) is 8.72. The molecule has 33 heavy (non-hydrogen) atoms. The van der Waals surface area contributed by atoms with Crippen molar-refractivity contribution in [3.05, 3.63) is 54.9 Å². The third-order valence-corrected chi connectivity index (χ3v) is 4.60. The van der Waals surface area contributed by atoms with E-state index in [0.29, 0.717) is 44.6 Å². The second-order valence-electron chi connectivity index (χ2n) is 8.72. The van der Waals surface area contributed by atoms with Gasteiger partial charge < -0.3 is 26.0 Å². The van der Waals surface area contributed by atoms with Crippen molar-refractivity contribution >= 4 is 17.9 Å². The van der Waals surface area contributed by atoms with Crippen LogP contribution in [-0.2, 0) is 11.3 Å². The summed E-state index contributed by atoms with van der Waals surface area (Å²) < 4.78 is 0. The number of aromatic carboxylic acids is 1. The highest BCUT2D eigenvalue weighted by atomic mass is 16.4. The van der Waals surface area contributed by atoms with Crippen LogP contribution in [0, 0.1) is 0 Å². The minimum Gasteiger partial charge on any atom is -0.478 e. The van der Waals surface area contributed by atoms with Crippen molar-refractivity contribution in [1.29, 1.82) is 0 Å². The van der Waals surface area contributed by atoms with Gasteiger partial charge in [-0.2, -0.15) is 0 Å². The number of nitrogens with zero attached hydrogens (tertiary/aromatic N) is 2. The van der Waals surface area contributed by atoms with Crippen LogP contribution in [0.3, 0.4) is 0 Å². The molecule has 1 unspecified atom stereocenters.